The van der Waals surface area contributed by atoms with E-state index in [-0.39, 0.29) is 182 Å². The molecule has 0 aliphatic carbocycles. The molecule has 0 spiro atoms. The van der Waals surface area contributed by atoms with Gasteiger partial charge in [-0.1, -0.05) is 0 Å². The second-order valence-electron chi connectivity index (χ2n) is 0. The summed E-state index contributed by atoms with van der Waals surface area (Å²) in [5.74, 6) is 0. The molecule has 0 saturated carbocycles. The van der Waals surface area contributed by atoms with Crippen LogP contribution in [0.5, 0.6) is 0 Å². The van der Waals surface area contributed by atoms with Gasteiger partial charge in [0.05, 0.1) is 0 Å². The molecule has 0 amide bonds. The van der Waals surface area contributed by atoms with Gasteiger partial charge in [-0.3, -0.25) is 0 Å². The first-order chi connectivity index (χ1) is 0. The van der Waals surface area contributed by atoms with E-state index in [4.69, 9.17) is 0 Å². The smallest absolute Gasteiger partial charge is 0.870 e. The summed E-state index contributed by atoms with van der Waals surface area (Å²) in [6.45, 7) is 0. The molecule has 0 rings (SSSR count). The monoisotopic (exact) mass is 706 g/mol. The summed E-state index contributed by atoms with van der Waals surface area (Å²) in [7, 11) is 0. The van der Waals surface area contributed by atoms with Crippen molar-refractivity contribution in [3.05, 3.63) is 0 Å². The first-order valence-electron chi connectivity index (χ1n) is 0. The van der Waals surface area contributed by atoms with Crippen LogP contribution in [0.2, 0.25) is 0 Å². The van der Waals surface area contributed by atoms with Gasteiger partial charge in [-0.2, -0.15) is 0 Å². The quantitative estimate of drug-likeness (QED) is 0.232. The second kappa shape index (κ2) is 623. The fraction of sp³-hybridized carbons (Fsp3) is 0. The van der Waals surface area contributed by atoms with Crippen molar-refractivity contribution in [1.82, 2.24) is 0 Å². The van der Waals surface area contributed by atoms with Crippen LogP contribution in [0, 0.1) is 35.6 Å². The largest absolute Gasteiger partial charge is 4.00 e. The second-order valence-corrected chi connectivity index (χ2v) is 0. The normalized spacial score (nSPS) is 0. The Morgan fingerprint density at radius 2 is 0.294 bits per heavy atom. The molecule has 0 heterocycles. The molecule has 106 valence electrons. The Morgan fingerprint density at radius 1 is 0.294 bits per heavy atom. The van der Waals surface area contributed by atoms with Gasteiger partial charge in [0.15, 0.2) is 0 Å². The summed E-state index contributed by atoms with van der Waals surface area (Å²) in [5, 5.41) is 0. The van der Waals surface area contributed by atoms with E-state index in [0.717, 1.165) is 0 Å². The van der Waals surface area contributed by atoms with E-state index in [9.17, 15) is 0 Å². The van der Waals surface area contributed by atoms with E-state index < -0.39 is 0 Å². The van der Waals surface area contributed by atoms with E-state index in [1.54, 1.807) is 0 Å². The first-order valence-corrected chi connectivity index (χ1v) is 0. The molecule has 17 heteroatoms. The SMILES string of the molecule is [La+3].[OH-].[OH-].[OH-].[OH-].[OH-].[OH-].[OH-].[OH-].[OH-].[OH-].[OH-].[OH-].[OH-].[Pb+2].[Ti+4].[Zr+4]. The topological polar surface area (TPSA) is 390 Å². The van der Waals surface area contributed by atoms with Crippen LogP contribution in [0.3, 0.4) is 0 Å². The predicted molar refractivity (Wildman–Crippen MR) is 30.9 cm³/mol. The fourth-order valence-corrected chi connectivity index (χ4v) is 0. The van der Waals surface area contributed by atoms with Crippen LogP contribution in [0.4, 0.5) is 0 Å². The van der Waals surface area contributed by atoms with Gasteiger partial charge in [-0.05, 0) is 0 Å². The molecule has 0 aliphatic heterocycles. The molecule has 2 radical (unpaired) electrons. The summed E-state index contributed by atoms with van der Waals surface area (Å²) in [6.07, 6.45) is 0. The molecule has 0 aromatic carbocycles. The molecular weight excluding hydrogens is 693 g/mol. The summed E-state index contributed by atoms with van der Waals surface area (Å²) < 4.78 is 0. The minimum Gasteiger partial charge on any atom is -0.870 e. The van der Waals surface area contributed by atoms with Crippen LogP contribution in [0.25, 0.3) is 0 Å². The molecule has 0 aliphatic rings. The van der Waals surface area contributed by atoms with Crippen molar-refractivity contribution < 1.29 is 155 Å². The van der Waals surface area contributed by atoms with E-state index in [2.05, 4.69) is 0 Å². The van der Waals surface area contributed by atoms with Crippen molar-refractivity contribution in [2.75, 3.05) is 0 Å². The Balaban J connectivity index is 0. The average Bonchev–Trinajstić information content (AvgIpc) is 0. The molecule has 0 bridgehead atoms. The van der Waals surface area contributed by atoms with Crippen molar-refractivity contribution in [3.8, 4) is 0 Å². The summed E-state index contributed by atoms with van der Waals surface area (Å²) in [4.78, 5) is 0. The third-order valence-corrected chi connectivity index (χ3v) is 0. The summed E-state index contributed by atoms with van der Waals surface area (Å²) in [5.41, 5.74) is 0. The molecule has 13 N–H and O–H groups in total. The molecular formula is H13LaO13PbTiZr. The fourth-order valence-electron chi connectivity index (χ4n) is 0. The van der Waals surface area contributed by atoms with Crippen molar-refractivity contribution in [3.63, 3.8) is 0 Å². The molecule has 13 nitrogen and oxygen atoms in total. The van der Waals surface area contributed by atoms with Gasteiger partial charge in [0.25, 0.3) is 0 Å². The van der Waals surface area contributed by atoms with Crippen molar-refractivity contribution in [1.29, 1.82) is 0 Å². The molecule has 0 fully saturated rings. The Kier molecular flexibility index (Phi) is 26700. The van der Waals surface area contributed by atoms with Gasteiger partial charge in [0, 0.05) is 0 Å². The third-order valence-electron chi connectivity index (χ3n) is 0. The van der Waals surface area contributed by atoms with E-state index in [0.29, 0.717) is 0 Å². The van der Waals surface area contributed by atoms with Crippen LogP contribution < -0.4 is 0 Å². The Hall–Kier alpha value is 3.19. The van der Waals surface area contributed by atoms with E-state index >= 15 is 0 Å². The van der Waals surface area contributed by atoms with Gasteiger partial charge >= 0.3 is 111 Å². The van der Waals surface area contributed by atoms with E-state index in [1.165, 1.54) is 0 Å². The maximum atomic E-state index is 0. The number of hydrogen-bond acceptors (Lipinski definition) is 13. The minimum absolute atomic E-state index is 0. The summed E-state index contributed by atoms with van der Waals surface area (Å²) >= 11 is 0. The van der Waals surface area contributed by atoms with Gasteiger partial charge < -0.3 is 71.2 Å². The number of rotatable bonds is 0. The minimum atomic E-state index is 0. The summed E-state index contributed by atoms with van der Waals surface area (Å²) in [6, 6.07) is 0. The van der Waals surface area contributed by atoms with Crippen molar-refractivity contribution >= 4 is 27.3 Å². The zero-order chi connectivity index (χ0) is 0. The maximum absolute atomic E-state index is 0. The zero-order valence-corrected chi connectivity index (χ0v) is 19.4. The van der Waals surface area contributed by atoms with Crippen molar-refractivity contribution in [2.24, 2.45) is 0 Å². The van der Waals surface area contributed by atoms with Gasteiger partial charge in [0.1, 0.15) is 0 Å². The van der Waals surface area contributed by atoms with Crippen LogP contribution in [-0.2, 0) is 47.9 Å². The molecule has 0 aromatic rings. The number of hydrogen-bond donors (Lipinski definition) is 0. The molecule has 0 unspecified atom stereocenters. The Bertz CT molecular complexity index is 21.4. The average molecular weight is 706 g/mol. The van der Waals surface area contributed by atoms with Crippen molar-refractivity contribution in [2.45, 2.75) is 0 Å². The Morgan fingerprint density at radius 3 is 0.294 bits per heavy atom. The molecule has 0 saturated heterocycles. The van der Waals surface area contributed by atoms with Gasteiger partial charge in [-0.25, -0.2) is 0 Å². The van der Waals surface area contributed by atoms with Gasteiger partial charge in [-0.15, -0.1) is 0 Å². The zero-order valence-electron chi connectivity index (χ0n) is 7.89. The predicted octanol–water partition coefficient (Wildman–Crippen LogP) is -2.68. The first kappa shape index (κ1) is 729. The van der Waals surface area contributed by atoms with Crippen LogP contribution in [-0.4, -0.2) is 98.5 Å². The Labute approximate surface area is 179 Å². The molecule has 0 atom stereocenters. The standard InChI is InChI=1S/La.13H2O.Pb.Ti.Zr/h;13*1H2;;;/q+3;;;;;;;;;;;;;;+2;2*+4/p-13. The molecule has 17 heavy (non-hydrogen) atoms. The maximum Gasteiger partial charge on any atom is 4.00 e. The van der Waals surface area contributed by atoms with Gasteiger partial charge in [0.2, 0.25) is 0 Å². The third kappa shape index (κ3) is 556. The van der Waals surface area contributed by atoms with E-state index in [1.807, 2.05) is 0 Å². The van der Waals surface area contributed by atoms with Crippen LogP contribution in [0.1, 0.15) is 0 Å². The van der Waals surface area contributed by atoms with Crippen LogP contribution in [0.15, 0.2) is 0 Å². The van der Waals surface area contributed by atoms with Crippen LogP contribution >= 0.6 is 0 Å². The molecule has 0 aromatic heterocycles.